The van der Waals surface area contributed by atoms with Gasteiger partial charge >= 0.3 is 0 Å². The van der Waals surface area contributed by atoms with E-state index in [4.69, 9.17) is 11.6 Å². The van der Waals surface area contributed by atoms with Gasteiger partial charge in [0.2, 0.25) is 0 Å². The first-order valence-corrected chi connectivity index (χ1v) is 8.46. The molecule has 0 aliphatic carbocycles. The number of anilines is 1. The molecule has 4 nitrogen and oxygen atoms in total. The molecule has 2 aromatic carbocycles. The van der Waals surface area contributed by atoms with Gasteiger partial charge in [0, 0.05) is 0 Å². The van der Waals surface area contributed by atoms with Crippen molar-refractivity contribution in [3.05, 3.63) is 75.6 Å². The third-order valence-electron chi connectivity index (χ3n) is 4.19. The molecule has 0 spiro atoms. The van der Waals surface area contributed by atoms with Crippen molar-refractivity contribution < 1.29 is 4.79 Å². The highest BCUT2D eigenvalue weighted by molar-refractivity contribution is 6.34. The van der Waals surface area contributed by atoms with Crippen LogP contribution in [0, 0.1) is 27.7 Å². The van der Waals surface area contributed by atoms with Crippen LogP contribution in [-0.2, 0) is 0 Å². The van der Waals surface area contributed by atoms with E-state index in [1.165, 1.54) is 0 Å². The minimum absolute atomic E-state index is 0.203. The van der Waals surface area contributed by atoms with Crippen molar-refractivity contribution >= 4 is 23.2 Å². The first-order chi connectivity index (χ1) is 11.9. The molecule has 1 amide bonds. The number of halogens is 1. The second kappa shape index (κ2) is 6.73. The molecule has 0 aliphatic heterocycles. The lowest BCUT2D eigenvalue weighted by atomic mass is 10.1. The zero-order chi connectivity index (χ0) is 18.1. The van der Waals surface area contributed by atoms with Crippen molar-refractivity contribution in [2.45, 2.75) is 27.7 Å². The van der Waals surface area contributed by atoms with Crippen LogP contribution in [-0.4, -0.2) is 15.7 Å². The second-order valence-corrected chi connectivity index (χ2v) is 6.59. The average molecular weight is 354 g/mol. The third-order valence-corrected chi connectivity index (χ3v) is 4.49. The lowest BCUT2D eigenvalue weighted by Crippen LogP contribution is -2.15. The van der Waals surface area contributed by atoms with E-state index in [1.807, 2.05) is 70.2 Å². The van der Waals surface area contributed by atoms with E-state index >= 15 is 0 Å². The number of carbonyl (C=O) groups excluding carboxylic acids is 1. The number of carbonyl (C=O) groups is 1. The van der Waals surface area contributed by atoms with Crippen LogP contribution in [0.3, 0.4) is 0 Å². The van der Waals surface area contributed by atoms with Gasteiger partial charge in [-0.25, -0.2) is 4.68 Å². The summed E-state index contributed by atoms with van der Waals surface area (Å²) in [5.74, 6) is -0.203. The molecule has 1 N–H and O–H groups in total. The van der Waals surface area contributed by atoms with Crippen LogP contribution in [0.4, 0.5) is 5.69 Å². The summed E-state index contributed by atoms with van der Waals surface area (Å²) >= 11 is 6.31. The molecule has 0 bridgehead atoms. The Labute approximate surface area is 152 Å². The van der Waals surface area contributed by atoms with Gasteiger partial charge < -0.3 is 5.32 Å². The van der Waals surface area contributed by atoms with Crippen molar-refractivity contribution in [1.82, 2.24) is 9.78 Å². The van der Waals surface area contributed by atoms with Crippen LogP contribution in [0.2, 0.25) is 5.02 Å². The van der Waals surface area contributed by atoms with Crippen molar-refractivity contribution in [3.8, 4) is 5.69 Å². The van der Waals surface area contributed by atoms with Crippen LogP contribution in [0.1, 0.15) is 32.9 Å². The first-order valence-electron chi connectivity index (χ1n) is 8.08. The lowest BCUT2D eigenvalue weighted by Gasteiger charge is -2.12. The maximum Gasteiger partial charge on any atom is 0.259 e. The number of benzene rings is 2. The molecule has 128 valence electrons. The van der Waals surface area contributed by atoms with E-state index in [2.05, 4.69) is 10.4 Å². The molecule has 3 aromatic rings. The standard InChI is InChI=1S/C20H20ClN3O/c1-12-10-13(2)19(17(21)11-12)22-20(25)18-14(3)23-24(15(18)4)16-8-6-5-7-9-16/h5-11H,1-4H3,(H,22,25). The van der Waals surface area contributed by atoms with E-state index in [1.54, 1.807) is 4.68 Å². The Kier molecular flexibility index (Phi) is 4.64. The van der Waals surface area contributed by atoms with E-state index in [-0.39, 0.29) is 5.91 Å². The van der Waals surface area contributed by atoms with Crippen molar-refractivity contribution in [2.75, 3.05) is 5.32 Å². The molecule has 0 saturated heterocycles. The van der Waals surface area contributed by atoms with Crippen LogP contribution in [0.25, 0.3) is 5.69 Å². The Morgan fingerprint density at radius 2 is 1.76 bits per heavy atom. The Hall–Kier alpha value is -2.59. The lowest BCUT2D eigenvalue weighted by molar-refractivity contribution is 0.102. The van der Waals surface area contributed by atoms with Gasteiger partial charge in [-0.05, 0) is 57.0 Å². The number of aromatic nitrogens is 2. The fourth-order valence-corrected chi connectivity index (χ4v) is 3.41. The number of hydrogen-bond donors (Lipinski definition) is 1. The molecule has 0 atom stereocenters. The third kappa shape index (κ3) is 3.30. The number of hydrogen-bond acceptors (Lipinski definition) is 2. The normalized spacial score (nSPS) is 10.8. The van der Waals surface area contributed by atoms with Gasteiger partial charge in [-0.2, -0.15) is 5.10 Å². The molecule has 1 aromatic heterocycles. The monoisotopic (exact) mass is 353 g/mol. The molecule has 5 heteroatoms. The average Bonchev–Trinajstić information content (AvgIpc) is 2.86. The minimum Gasteiger partial charge on any atom is -0.320 e. The summed E-state index contributed by atoms with van der Waals surface area (Å²) in [6.07, 6.45) is 0. The second-order valence-electron chi connectivity index (χ2n) is 6.19. The van der Waals surface area contributed by atoms with Crippen molar-refractivity contribution in [3.63, 3.8) is 0 Å². The largest absolute Gasteiger partial charge is 0.320 e. The van der Waals surface area contributed by atoms with Crippen molar-refractivity contribution in [1.29, 1.82) is 0 Å². The SMILES string of the molecule is Cc1cc(C)c(NC(=O)c2c(C)nn(-c3ccccc3)c2C)c(Cl)c1. The van der Waals surface area contributed by atoms with E-state index in [0.29, 0.717) is 22.0 Å². The molecule has 25 heavy (non-hydrogen) atoms. The van der Waals surface area contributed by atoms with Crippen LogP contribution >= 0.6 is 11.6 Å². The van der Waals surface area contributed by atoms with E-state index in [9.17, 15) is 4.79 Å². The van der Waals surface area contributed by atoms with Gasteiger partial charge in [0.05, 0.1) is 33.3 Å². The summed E-state index contributed by atoms with van der Waals surface area (Å²) in [6, 6.07) is 13.6. The molecule has 0 saturated carbocycles. The predicted octanol–water partition coefficient (Wildman–Crippen LogP) is 5.01. The zero-order valence-corrected chi connectivity index (χ0v) is 15.5. The maximum absolute atomic E-state index is 12.9. The summed E-state index contributed by atoms with van der Waals surface area (Å²) in [6.45, 7) is 7.64. The highest BCUT2D eigenvalue weighted by Crippen LogP contribution is 2.28. The number of rotatable bonds is 3. The molecule has 0 fully saturated rings. The Balaban J connectivity index is 1.98. The quantitative estimate of drug-likeness (QED) is 0.719. The fraction of sp³-hybridized carbons (Fsp3) is 0.200. The molecule has 0 aliphatic rings. The Bertz CT molecular complexity index is 922. The Morgan fingerprint density at radius 3 is 2.40 bits per heavy atom. The molecular weight excluding hydrogens is 334 g/mol. The molecule has 0 unspecified atom stereocenters. The summed E-state index contributed by atoms with van der Waals surface area (Å²) in [5.41, 5.74) is 5.60. The molecular formula is C20H20ClN3O. The smallest absolute Gasteiger partial charge is 0.259 e. The summed E-state index contributed by atoms with van der Waals surface area (Å²) in [4.78, 5) is 12.9. The molecule has 3 rings (SSSR count). The van der Waals surface area contributed by atoms with Gasteiger partial charge in [-0.3, -0.25) is 4.79 Å². The predicted molar refractivity (Wildman–Crippen MR) is 102 cm³/mol. The number of amides is 1. The van der Waals surface area contributed by atoms with E-state index in [0.717, 1.165) is 22.5 Å². The number of nitrogens with zero attached hydrogens (tertiary/aromatic N) is 2. The van der Waals surface area contributed by atoms with Crippen LogP contribution in [0.5, 0.6) is 0 Å². The number of nitrogens with one attached hydrogen (secondary N) is 1. The zero-order valence-electron chi connectivity index (χ0n) is 14.7. The van der Waals surface area contributed by atoms with Gasteiger partial charge in [0.25, 0.3) is 5.91 Å². The fourth-order valence-electron chi connectivity index (χ4n) is 3.04. The number of para-hydroxylation sites is 1. The van der Waals surface area contributed by atoms with Crippen LogP contribution in [0.15, 0.2) is 42.5 Å². The maximum atomic E-state index is 12.9. The summed E-state index contributed by atoms with van der Waals surface area (Å²) in [5, 5.41) is 8.01. The van der Waals surface area contributed by atoms with Crippen molar-refractivity contribution in [2.24, 2.45) is 0 Å². The summed E-state index contributed by atoms with van der Waals surface area (Å²) in [7, 11) is 0. The van der Waals surface area contributed by atoms with Gasteiger partial charge in [0.1, 0.15) is 0 Å². The Morgan fingerprint density at radius 1 is 1.08 bits per heavy atom. The first kappa shape index (κ1) is 17.2. The summed E-state index contributed by atoms with van der Waals surface area (Å²) < 4.78 is 1.79. The van der Waals surface area contributed by atoms with E-state index < -0.39 is 0 Å². The van der Waals surface area contributed by atoms with Gasteiger partial charge in [-0.1, -0.05) is 35.9 Å². The molecule has 1 heterocycles. The minimum atomic E-state index is -0.203. The number of aryl methyl sites for hydroxylation is 3. The van der Waals surface area contributed by atoms with Crippen LogP contribution < -0.4 is 5.32 Å². The molecule has 0 radical (unpaired) electrons. The van der Waals surface area contributed by atoms with Gasteiger partial charge in [-0.15, -0.1) is 0 Å². The van der Waals surface area contributed by atoms with Gasteiger partial charge in [0.15, 0.2) is 0 Å². The highest BCUT2D eigenvalue weighted by Gasteiger charge is 2.20. The highest BCUT2D eigenvalue weighted by atomic mass is 35.5. The topological polar surface area (TPSA) is 46.9 Å².